The van der Waals surface area contributed by atoms with Crippen LogP contribution in [-0.4, -0.2) is 6.15 Å². The van der Waals surface area contributed by atoms with Gasteiger partial charge >= 0.3 is 6.15 Å². The molecule has 0 bridgehead atoms. The number of nitrogen functional groups attached to an aromatic ring is 1. The van der Waals surface area contributed by atoms with E-state index in [9.17, 15) is 0 Å². The summed E-state index contributed by atoms with van der Waals surface area (Å²) in [7, 11) is 0. The van der Waals surface area contributed by atoms with Gasteiger partial charge in [0.05, 0.1) is 0 Å². The fourth-order valence-electron chi connectivity index (χ4n) is 0.670. The second-order valence-electron chi connectivity index (χ2n) is 2.00. The number of anilines is 1. The zero-order chi connectivity index (χ0) is 8.69. The molecule has 0 heterocycles. The van der Waals surface area contributed by atoms with E-state index >= 15 is 0 Å². The van der Waals surface area contributed by atoms with Crippen LogP contribution in [0.15, 0.2) is 24.3 Å². The lowest BCUT2D eigenvalue weighted by Crippen LogP contribution is -1.82. The van der Waals surface area contributed by atoms with Crippen LogP contribution in [0.1, 0.15) is 5.56 Å². The van der Waals surface area contributed by atoms with Gasteiger partial charge in [0, 0.05) is 5.69 Å². The van der Waals surface area contributed by atoms with Crippen molar-refractivity contribution in [1.29, 1.82) is 0 Å². The van der Waals surface area contributed by atoms with E-state index in [1.54, 1.807) is 0 Å². The SMILES string of the molecule is Cc1cccc(N)c1.O=C=O. The first-order valence-corrected chi connectivity index (χ1v) is 3.02. The summed E-state index contributed by atoms with van der Waals surface area (Å²) in [6, 6.07) is 7.80. The van der Waals surface area contributed by atoms with Crippen molar-refractivity contribution in [2.45, 2.75) is 6.92 Å². The molecule has 3 heteroatoms. The highest BCUT2D eigenvalue weighted by atomic mass is 16.2. The standard InChI is InChI=1S/C7H9N.CO2/c1-6-3-2-4-7(8)5-6;2-1-3/h2-5H,8H2,1H3;. The molecule has 1 aromatic carbocycles. The molecule has 1 rings (SSSR count). The van der Waals surface area contributed by atoms with E-state index in [1.807, 2.05) is 31.2 Å². The summed E-state index contributed by atoms with van der Waals surface area (Å²) in [5, 5.41) is 0. The molecule has 11 heavy (non-hydrogen) atoms. The monoisotopic (exact) mass is 151 g/mol. The second kappa shape index (κ2) is 5.21. The quantitative estimate of drug-likeness (QED) is 0.562. The largest absolute Gasteiger partial charge is 0.399 e. The third-order valence-corrected chi connectivity index (χ3v) is 1.04. The minimum absolute atomic E-state index is 0.250. The molecule has 0 spiro atoms. The molecule has 0 aliphatic carbocycles. The van der Waals surface area contributed by atoms with Crippen molar-refractivity contribution in [2.75, 3.05) is 5.73 Å². The molecule has 0 saturated carbocycles. The highest BCUT2D eigenvalue weighted by Crippen LogP contribution is 2.03. The van der Waals surface area contributed by atoms with Crippen molar-refractivity contribution in [3.8, 4) is 0 Å². The first-order valence-electron chi connectivity index (χ1n) is 3.02. The summed E-state index contributed by atoms with van der Waals surface area (Å²) in [6.07, 6.45) is 0.250. The van der Waals surface area contributed by atoms with E-state index in [-0.39, 0.29) is 6.15 Å². The van der Waals surface area contributed by atoms with E-state index in [0.717, 1.165) is 5.69 Å². The molecular weight excluding hydrogens is 142 g/mol. The molecule has 0 aliphatic heterocycles. The summed E-state index contributed by atoms with van der Waals surface area (Å²) in [4.78, 5) is 16.2. The molecule has 0 atom stereocenters. The van der Waals surface area contributed by atoms with Crippen LogP contribution in [0.3, 0.4) is 0 Å². The normalized spacial score (nSPS) is 7.36. The van der Waals surface area contributed by atoms with Crippen molar-refractivity contribution in [3.05, 3.63) is 29.8 Å². The molecule has 0 aliphatic rings. The van der Waals surface area contributed by atoms with Crippen LogP contribution in [0, 0.1) is 6.92 Å². The van der Waals surface area contributed by atoms with Gasteiger partial charge < -0.3 is 5.73 Å². The fourth-order valence-corrected chi connectivity index (χ4v) is 0.670. The van der Waals surface area contributed by atoms with Gasteiger partial charge in [0.2, 0.25) is 0 Å². The number of nitrogens with two attached hydrogens (primary N) is 1. The first-order chi connectivity index (χ1) is 5.20. The van der Waals surface area contributed by atoms with E-state index in [1.165, 1.54) is 5.56 Å². The average molecular weight is 151 g/mol. The van der Waals surface area contributed by atoms with Gasteiger partial charge in [-0.15, -0.1) is 0 Å². The molecular formula is C8H9NO2. The van der Waals surface area contributed by atoms with Crippen LogP contribution >= 0.6 is 0 Å². The molecule has 1 aromatic rings. The molecule has 0 unspecified atom stereocenters. The summed E-state index contributed by atoms with van der Waals surface area (Å²) in [5.74, 6) is 0. The highest BCUT2D eigenvalue weighted by molar-refractivity contribution is 5.39. The summed E-state index contributed by atoms with van der Waals surface area (Å²) in [5.41, 5.74) is 7.51. The lowest BCUT2D eigenvalue weighted by Gasteiger charge is -1.91. The summed E-state index contributed by atoms with van der Waals surface area (Å²) >= 11 is 0. The van der Waals surface area contributed by atoms with Crippen molar-refractivity contribution >= 4 is 11.8 Å². The zero-order valence-electron chi connectivity index (χ0n) is 6.20. The van der Waals surface area contributed by atoms with Gasteiger partial charge in [0.25, 0.3) is 0 Å². The van der Waals surface area contributed by atoms with Crippen molar-refractivity contribution < 1.29 is 9.59 Å². The minimum Gasteiger partial charge on any atom is -0.399 e. The van der Waals surface area contributed by atoms with Crippen molar-refractivity contribution in [3.63, 3.8) is 0 Å². The fraction of sp³-hybridized carbons (Fsp3) is 0.125. The zero-order valence-corrected chi connectivity index (χ0v) is 6.20. The molecule has 3 nitrogen and oxygen atoms in total. The Morgan fingerprint density at radius 2 is 1.91 bits per heavy atom. The molecule has 0 amide bonds. The Labute approximate surface area is 64.8 Å². The van der Waals surface area contributed by atoms with Crippen LogP contribution in [0.5, 0.6) is 0 Å². The number of benzene rings is 1. The second-order valence-corrected chi connectivity index (χ2v) is 2.00. The third kappa shape index (κ3) is 4.88. The number of aryl methyl sites for hydroxylation is 1. The van der Waals surface area contributed by atoms with E-state index < -0.39 is 0 Å². The maximum absolute atomic E-state index is 8.12. The van der Waals surface area contributed by atoms with Crippen LogP contribution in [0.2, 0.25) is 0 Å². The van der Waals surface area contributed by atoms with Crippen molar-refractivity contribution in [2.24, 2.45) is 0 Å². The Kier molecular flexibility index (Phi) is 4.45. The number of hydrogen-bond donors (Lipinski definition) is 1. The van der Waals surface area contributed by atoms with E-state index in [2.05, 4.69) is 0 Å². The third-order valence-electron chi connectivity index (χ3n) is 1.04. The lowest BCUT2D eigenvalue weighted by atomic mass is 10.2. The predicted molar refractivity (Wildman–Crippen MR) is 40.6 cm³/mol. The molecule has 2 N–H and O–H groups in total. The Hall–Kier alpha value is -1.60. The van der Waals surface area contributed by atoms with Gasteiger partial charge in [-0.3, -0.25) is 0 Å². The minimum atomic E-state index is 0.250. The molecule has 0 radical (unpaired) electrons. The molecule has 58 valence electrons. The predicted octanol–water partition coefficient (Wildman–Crippen LogP) is 0.994. The topological polar surface area (TPSA) is 60.2 Å². The average Bonchev–Trinajstić information content (AvgIpc) is 1.88. The summed E-state index contributed by atoms with van der Waals surface area (Å²) < 4.78 is 0. The Morgan fingerprint density at radius 3 is 2.18 bits per heavy atom. The number of hydrogen-bond acceptors (Lipinski definition) is 3. The number of rotatable bonds is 0. The molecule has 0 fully saturated rings. The van der Waals surface area contributed by atoms with Crippen LogP contribution < -0.4 is 5.73 Å². The van der Waals surface area contributed by atoms with Crippen LogP contribution in [0.25, 0.3) is 0 Å². The smallest absolute Gasteiger partial charge is 0.373 e. The van der Waals surface area contributed by atoms with Crippen LogP contribution in [0.4, 0.5) is 5.69 Å². The van der Waals surface area contributed by atoms with E-state index in [0.29, 0.717) is 0 Å². The highest BCUT2D eigenvalue weighted by Gasteiger charge is 1.81. The Morgan fingerprint density at radius 1 is 1.36 bits per heavy atom. The lowest BCUT2D eigenvalue weighted by molar-refractivity contribution is -0.191. The van der Waals surface area contributed by atoms with Gasteiger partial charge in [-0.05, 0) is 24.6 Å². The maximum atomic E-state index is 8.12. The van der Waals surface area contributed by atoms with Gasteiger partial charge in [-0.2, -0.15) is 9.59 Å². The molecule has 0 saturated heterocycles. The van der Waals surface area contributed by atoms with E-state index in [4.69, 9.17) is 15.3 Å². The molecule has 0 aromatic heterocycles. The van der Waals surface area contributed by atoms with Crippen molar-refractivity contribution in [1.82, 2.24) is 0 Å². The van der Waals surface area contributed by atoms with Gasteiger partial charge in [-0.1, -0.05) is 12.1 Å². The summed E-state index contributed by atoms with van der Waals surface area (Å²) in [6.45, 7) is 2.02. The van der Waals surface area contributed by atoms with Crippen LogP contribution in [-0.2, 0) is 9.59 Å². The number of carbonyl (C=O) groups excluding carboxylic acids is 2. The Bertz CT molecular complexity index is 235. The Balaban J connectivity index is 0.000000292. The van der Waals surface area contributed by atoms with Gasteiger partial charge in [0.1, 0.15) is 0 Å². The first kappa shape index (κ1) is 9.40. The van der Waals surface area contributed by atoms with Gasteiger partial charge in [-0.25, -0.2) is 0 Å². The van der Waals surface area contributed by atoms with Gasteiger partial charge in [0.15, 0.2) is 0 Å². The maximum Gasteiger partial charge on any atom is 0.373 e.